The number of carbonyl (C=O) groups is 1. The fourth-order valence-electron chi connectivity index (χ4n) is 1.57. The molecule has 16 heavy (non-hydrogen) atoms. The van der Waals surface area contributed by atoms with E-state index in [0.29, 0.717) is 12.2 Å². The van der Waals surface area contributed by atoms with E-state index < -0.39 is 0 Å². The van der Waals surface area contributed by atoms with Crippen molar-refractivity contribution < 1.29 is 4.79 Å². The first kappa shape index (κ1) is 12.6. The van der Waals surface area contributed by atoms with E-state index in [1.54, 1.807) is 24.4 Å². The van der Waals surface area contributed by atoms with Crippen LogP contribution in [0.5, 0.6) is 0 Å². The Morgan fingerprint density at radius 1 is 1.44 bits per heavy atom. The first-order valence-corrected chi connectivity index (χ1v) is 5.61. The summed E-state index contributed by atoms with van der Waals surface area (Å²) >= 11 is 0. The van der Waals surface area contributed by atoms with Crippen LogP contribution in [0.4, 0.5) is 0 Å². The Morgan fingerprint density at radius 2 is 2.12 bits per heavy atom. The zero-order valence-electron chi connectivity index (χ0n) is 9.86. The van der Waals surface area contributed by atoms with Crippen LogP contribution in [0.1, 0.15) is 37.2 Å². The maximum atomic E-state index is 11.9. The minimum atomic E-state index is -0.311. The molecule has 0 aliphatic heterocycles. The molecule has 4 heteroatoms. The largest absolute Gasteiger partial charge is 0.344 e. The fourth-order valence-corrected chi connectivity index (χ4v) is 1.57. The lowest BCUT2D eigenvalue weighted by atomic mass is 9.93. The molecule has 0 saturated carbocycles. The predicted molar refractivity (Wildman–Crippen MR) is 64.1 cm³/mol. The van der Waals surface area contributed by atoms with Crippen LogP contribution >= 0.6 is 0 Å². The summed E-state index contributed by atoms with van der Waals surface area (Å²) in [5, 5.41) is 2.97. The first-order chi connectivity index (χ1) is 7.67. The molecule has 1 rings (SSSR count). The second-order valence-electron chi connectivity index (χ2n) is 3.86. The molecule has 1 aromatic rings. The molecule has 0 unspecified atom stereocenters. The average molecular weight is 221 g/mol. The van der Waals surface area contributed by atoms with E-state index in [9.17, 15) is 4.79 Å². The topological polar surface area (TPSA) is 68.0 Å². The molecule has 0 aliphatic rings. The SMILES string of the molecule is CCC(CC)(CN)NC(=O)c1ccccn1. The van der Waals surface area contributed by atoms with Crippen molar-refractivity contribution >= 4 is 5.91 Å². The van der Waals surface area contributed by atoms with Crippen LogP contribution in [0.2, 0.25) is 0 Å². The van der Waals surface area contributed by atoms with Crippen LogP contribution in [0.25, 0.3) is 0 Å². The molecule has 1 aromatic heterocycles. The monoisotopic (exact) mass is 221 g/mol. The second-order valence-corrected chi connectivity index (χ2v) is 3.86. The highest BCUT2D eigenvalue weighted by Gasteiger charge is 2.26. The second kappa shape index (κ2) is 5.61. The number of amides is 1. The summed E-state index contributed by atoms with van der Waals surface area (Å²) in [6.07, 6.45) is 3.24. The Hall–Kier alpha value is -1.42. The third-order valence-electron chi connectivity index (χ3n) is 3.02. The number of nitrogens with zero attached hydrogens (tertiary/aromatic N) is 1. The van der Waals surface area contributed by atoms with Gasteiger partial charge >= 0.3 is 0 Å². The van der Waals surface area contributed by atoms with E-state index in [2.05, 4.69) is 10.3 Å². The Labute approximate surface area is 96.3 Å². The van der Waals surface area contributed by atoms with Gasteiger partial charge in [-0.15, -0.1) is 0 Å². The van der Waals surface area contributed by atoms with Gasteiger partial charge in [-0.3, -0.25) is 9.78 Å². The number of carbonyl (C=O) groups excluding carboxylic acids is 1. The summed E-state index contributed by atoms with van der Waals surface area (Å²) in [5.41, 5.74) is 5.84. The highest BCUT2D eigenvalue weighted by molar-refractivity contribution is 5.92. The Balaban J connectivity index is 2.77. The van der Waals surface area contributed by atoms with Crippen molar-refractivity contribution in [2.45, 2.75) is 32.2 Å². The maximum absolute atomic E-state index is 11.9. The summed E-state index contributed by atoms with van der Waals surface area (Å²) in [4.78, 5) is 15.9. The number of nitrogens with two attached hydrogens (primary N) is 1. The summed E-state index contributed by atoms with van der Waals surface area (Å²) in [7, 11) is 0. The van der Waals surface area contributed by atoms with Crippen molar-refractivity contribution in [2.75, 3.05) is 6.54 Å². The molecule has 0 bridgehead atoms. The van der Waals surface area contributed by atoms with Crippen LogP contribution in [0, 0.1) is 0 Å². The molecule has 0 spiro atoms. The van der Waals surface area contributed by atoms with Gasteiger partial charge in [0.15, 0.2) is 0 Å². The smallest absolute Gasteiger partial charge is 0.270 e. The van der Waals surface area contributed by atoms with Crippen LogP contribution in [-0.4, -0.2) is 23.0 Å². The van der Waals surface area contributed by atoms with Gasteiger partial charge in [-0.2, -0.15) is 0 Å². The highest BCUT2D eigenvalue weighted by atomic mass is 16.2. The highest BCUT2D eigenvalue weighted by Crippen LogP contribution is 2.13. The zero-order valence-corrected chi connectivity index (χ0v) is 9.86. The summed E-state index contributed by atoms with van der Waals surface area (Å²) in [6, 6.07) is 5.28. The minimum Gasteiger partial charge on any atom is -0.344 e. The number of aromatic nitrogens is 1. The molecular formula is C12H19N3O. The lowest BCUT2D eigenvalue weighted by molar-refractivity contribution is 0.0890. The zero-order chi connectivity index (χ0) is 12.0. The van der Waals surface area contributed by atoms with Gasteiger partial charge in [0, 0.05) is 12.7 Å². The quantitative estimate of drug-likeness (QED) is 0.788. The van der Waals surface area contributed by atoms with Crippen LogP contribution in [0.3, 0.4) is 0 Å². The van der Waals surface area contributed by atoms with Crippen molar-refractivity contribution in [1.29, 1.82) is 0 Å². The van der Waals surface area contributed by atoms with E-state index in [-0.39, 0.29) is 11.4 Å². The molecule has 1 heterocycles. The van der Waals surface area contributed by atoms with Gasteiger partial charge < -0.3 is 11.1 Å². The number of hydrogen-bond donors (Lipinski definition) is 2. The van der Waals surface area contributed by atoms with Crippen molar-refractivity contribution in [3.05, 3.63) is 30.1 Å². The summed E-state index contributed by atoms with van der Waals surface area (Å²) in [6.45, 7) is 4.49. The third-order valence-corrected chi connectivity index (χ3v) is 3.02. The molecular weight excluding hydrogens is 202 g/mol. The molecule has 0 saturated heterocycles. The molecule has 0 aliphatic carbocycles. The van der Waals surface area contributed by atoms with E-state index in [1.165, 1.54) is 0 Å². The predicted octanol–water partition coefficient (Wildman–Crippen LogP) is 1.33. The van der Waals surface area contributed by atoms with Crippen LogP contribution in [-0.2, 0) is 0 Å². The molecule has 4 nitrogen and oxygen atoms in total. The van der Waals surface area contributed by atoms with Crippen LogP contribution in [0.15, 0.2) is 24.4 Å². The summed E-state index contributed by atoms with van der Waals surface area (Å²) in [5.74, 6) is -0.158. The average Bonchev–Trinajstić information content (AvgIpc) is 2.37. The van der Waals surface area contributed by atoms with Gasteiger partial charge in [-0.1, -0.05) is 19.9 Å². The normalized spacial score (nSPS) is 11.2. The Bertz CT molecular complexity index is 325. The van der Waals surface area contributed by atoms with Crippen molar-refractivity contribution in [2.24, 2.45) is 5.73 Å². The van der Waals surface area contributed by atoms with Gasteiger partial charge in [0.1, 0.15) is 5.69 Å². The minimum absolute atomic E-state index is 0.158. The number of pyridine rings is 1. The molecule has 0 aromatic carbocycles. The van der Waals surface area contributed by atoms with E-state index in [0.717, 1.165) is 12.8 Å². The van der Waals surface area contributed by atoms with Crippen LogP contribution < -0.4 is 11.1 Å². The lowest BCUT2D eigenvalue weighted by Gasteiger charge is -2.31. The van der Waals surface area contributed by atoms with E-state index in [4.69, 9.17) is 5.73 Å². The number of nitrogens with one attached hydrogen (secondary N) is 1. The van der Waals surface area contributed by atoms with Crippen molar-refractivity contribution in [3.8, 4) is 0 Å². The number of rotatable bonds is 5. The molecule has 1 amide bonds. The standard InChI is InChI=1S/C12H19N3O/c1-3-12(4-2,9-13)15-11(16)10-7-5-6-8-14-10/h5-8H,3-4,9,13H2,1-2H3,(H,15,16). The summed E-state index contributed by atoms with van der Waals surface area (Å²) < 4.78 is 0. The first-order valence-electron chi connectivity index (χ1n) is 5.61. The van der Waals surface area contributed by atoms with E-state index in [1.807, 2.05) is 13.8 Å². The molecule has 0 fully saturated rings. The Kier molecular flexibility index (Phi) is 4.43. The van der Waals surface area contributed by atoms with Crippen molar-refractivity contribution in [3.63, 3.8) is 0 Å². The lowest BCUT2D eigenvalue weighted by Crippen LogP contribution is -2.53. The van der Waals surface area contributed by atoms with Gasteiger partial charge in [-0.05, 0) is 25.0 Å². The van der Waals surface area contributed by atoms with Gasteiger partial charge in [0.2, 0.25) is 0 Å². The van der Waals surface area contributed by atoms with Crippen molar-refractivity contribution in [1.82, 2.24) is 10.3 Å². The Morgan fingerprint density at radius 3 is 2.56 bits per heavy atom. The third kappa shape index (κ3) is 2.79. The van der Waals surface area contributed by atoms with Gasteiger partial charge in [0.25, 0.3) is 5.91 Å². The molecule has 0 atom stereocenters. The van der Waals surface area contributed by atoms with Gasteiger partial charge in [-0.25, -0.2) is 0 Å². The van der Waals surface area contributed by atoms with E-state index >= 15 is 0 Å². The molecule has 88 valence electrons. The van der Waals surface area contributed by atoms with Gasteiger partial charge in [0.05, 0.1) is 5.54 Å². The molecule has 0 radical (unpaired) electrons. The number of hydrogen-bond acceptors (Lipinski definition) is 3. The maximum Gasteiger partial charge on any atom is 0.270 e. The fraction of sp³-hybridized carbons (Fsp3) is 0.500. The molecule has 3 N–H and O–H groups in total.